The summed E-state index contributed by atoms with van der Waals surface area (Å²) in [5.74, 6) is -0.199. The van der Waals surface area contributed by atoms with Crippen LogP contribution in [0.1, 0.15) is 30.9 Å². The molecule has 6 rings (SSSR count). The van der Waals surface area contributed by atoms with Crippen LogP contribution < -0.4 is 19.1 Å². The van der Waals surface area contributed by atoms with Gasteiger partial charge in [-0.3, -0.25) is 15.0 Å². The van der Waals surface area contributed by atoms with Gasteiger partial charge in [-0.25, -0.2) is 4.79 Å². The number of sulfonamides is 1. The number of thiophene rings is 1. The van der Waals surface area contributed by atoms with Gasteiger partial charge < -0.3 is 19.2 Å². The highest BCUT2D eigenvalue weighted by atomic mass is 32.2. The molecule has 0 aliphatic carbocycles. The van der Waals surface area contributed by atoms with Gasteiger partial charge in [-0.15, -0.1) is 16.4 Å². The third-order valence-corrected chi connectivity index (χ3v) is 12.0. The zero-order chi connectivity index (χ0) is 32.5. The van der Waals surface area contributed by atoms with E-state index in [0.717, 1.165) is 54.7 Å². The van der Waals surface area contributed by atoms with E-state index in [1.807, 2.05) is 0 Å². The van der Waals surface area contributed by atoms with Crippen LogP contribution in [0.5, 0.6) is 11.5 Å². The minimum Gasteiger partial charge on any atom is -0.497 e. The Kier molecular flexibility index (Phi) is 9.26. The third-order valence-electron chi connectivity index (χ3n) is 8.89. The first-order valence-corrected chi connectivity index (χ1v) is 17.7. The number of likely N-dealkylation sites (tertiary alicyclic amines) is 1. The Morgan fingerprint density at radius 1 is 1.00 bits per heavy atom. The molecule has 12 nitrogen and oxygen atoms in total. The lowest BCUT2D eigenvalue weighted by Gasteiger charge is -2.41. The largest absolute Gasteiger partial charge is 0.497 e. The van der Waals surface area contributed by atoms with Crippen molar-refractivity contribution in [1.29, 1.82) is 0 Å². The summed E-state index contributed by atoms with van der Waals surface area (Å²) in [4.78, 5) is 39.3. The van der Waals surface area contributed by atoms with Crippen LogP contribution in [-0.4, -0.2) is 101 Å². The second kappa shape index (κ2) is 13.2. The van der Waals surface area contributed by atoms with Crippen molar-refractivity contribution < 1.29 is 32.3 Å². The number of hydrogen-bond donors (Lipinski definition) is 1. The number of hydroxylamine groups is 2. The number of carbonyl (C=O) groups excluding carboxylic acids is 2. The van der Waals surface area contributed by atoms with Crippen LogP contribution in [0.4, 0.5) is 10.5 Å². The summed E-state index contributed by atoms with van der Waals surface area (Å²) in [6, 6.07) is 15.0. The first-order valence-electron chi connectivity index (χ1n) is 15.4. The number of benzene rings is 2. The topological polar surface area (TPSA) is 121 Å². The molecule has 2 amide bonds. The molecular weight excluding hydrogens is 631 g/mol. The number of para-hydroxylation sites is 1. The van der Waals surface area contributed by atoms with Gasteiger partial charge in [0.25, 0.3) is 15.9 Å². The molecule has 3 aliphatic heterocycles. The number of nitrogens with one attached hydrogen (secondary N) is 1. The Hall–Kier alpha value is -3.69. The Morgan fingerprint density at radius 3 is 2.41 bits per heavy atom. The van der Waals surface area contributed by atoms with Crippen molar-refractivity contribution in [2.75, 3.05) is 64.3 Å². The van der Waals surface area contributed by atoms with Crippen LogP contribution in [-0.2, 0) is 25.2 Å². The second-order valence-corrected chi connectivity index (χ2v) is 14.5. The maximum absolute atomic E-state index is 14.8. The molecule has 0 saturated carbocycles. The van der Waals surface area contributed by atoms with Crippen LogP contribution in [0.3, 0.4) is 0 Å². The predicted molar refractivity (Wildman–Crippen MR) is 174 cm³/mol. The number of piperidine rings is 1. The van der Waals surface area contributed by atoms with E-state index < -0.39 is 27.6 Å². The van der Waals surface area contributed by atoms with E-state index in [0.29, 0.717) is 30.6 Å². The summed E-state index contributed by atoms with van der Waals surface area (Å²) < 4.78 is 40.2. The average molecular weight is 670 g/mol. The number of anilines is 1. The first kappa shape index (κ1) is 32.3. The Balaban J connectivity index is 1.36. The molecule has 4 heterocycles. The van der Waals surface area contributed by atoms with Crippen LogP contribution >= 0.6 is 11.3 Å². The number of amides is 2. The Bertz CT molecular complexity index is 1670. The van der Waals surface area contributed by atoms with Gasteiger partial charge in [0.1, 0.15) is 15.7 Å². The number of hydrogen-bond acceptors (Lipinski definition) is 11. The highest BCUT2D eigenvalue weighted by Crippen LogP contribution is 2.50. The van der Waals surface area contributed by atoms with E-state index in [9.17, 15) is 18.0 Å². The maximum atomic E-state index is 14.8. The fourth-order valence-corrected chi connectivity index (χ4v) is 9.08. The molecule has 2 aromatic carbocycles. The lowest BCUT2D eigenvalue weighted by Crippen LogP contribution is -2.57. The molecule has 0 spiro atoms. The highest BCUT2D eigenvalue weighted by Gasteiger charge is 2.59. The molecule has 3 aromatic rings. The molecule has 246 valence electrons. The minimum absolute atomic E-state index is 0.0124. The number of nitrogens with zero attached hydrogens (tertiary/aromatic N) is 4. The number of rotatable bonds is 9. The van der Waals surface area contributed by atoms with Crippen LogP contribution in [0.25, 0.3) is 0 Å². The number of carbonyl (C=O) groups is 2. The Morgan fingerprint density at radius 2 is 1.74 bits per heavy atom. The lowest BCUT2D eigenvalue weighted by atomic mass is 9.83. The lowest BCUT2D eigenvalue weighted by molar-refractivity contribution is -0.133. The summed E-state index contributed by atoms with van der Waals surface area (Å²) in [5.41, 5.74) is -1.44. The second-order valence-electron chi connectivity index (χ2n) is 11.6. The molecule has 1 N–H and O–H groups in total. The van der Waals surface area contributed by atoms with Crippen LogP contribution in [0.15, 0.2) is 64.2 Å². The highest BCUT2D eigenvalue weighted by molar-refractivity contribution is 7.95. The van der Waals surface area contributed by atoms with Gasteiger partial charge in [-0.05, 0) is 75.6 Å². The number of piperazine rings is 1. The van der Waals surface area contributed by atoms with Crippen molar-refractivity contribution in [2.45, 2.75) is 35.6 Å². The Labute approximate surface area is 273 Å². The summed E-state index contributed by atoms with van der Waals surface area (Å²) >= 11 is 1.000. The predicted octanol–water partition coefficient (Wildman–Crippen LogP) is 3.49. The molecule has 1 unspecified atom stereocenters. The summed E-state index contributed by atoms with van der Waals surface area (Å²) in [6.45, 7) is 6.69. The molecule has 2 saturated heterocycles. The minimum atomic E-state index is -4.36. The molecule has 2 fully saturated rings. The molecule has 1 aromatic heterocycles. The van der Waals surface area contributed by atoms with E-state index in [-0.39, 0.29) is 27.6 Å². The smallest absolute Gasteiger partial charge is 0.427 e. The van der Waals surface area contributed by atoms with Crippen molar-refractivity contribution in [2.24, 2.45) is 0 Å². The van der Waals surface area contributed by atoms with Crippen molar-refractivity contribution in [3.8, 4) is 11.5 Å². The fraction of sp³-hybridized carbons (Fsp3) is 0.438. The van der Waals surface area contributed by atoms with Gasteiger partial charge in [0.05, 0.1) is 19.4 Å². The molecule has 0 radical (unpaired) electrons. The zero-order valence-corrected chi connectivity index (χ0v) is 27.8. The summed E-state index contributed by atoms with van der Waals surface area (Å²) in [6.07, 6.45) is 1.32. The number of ether oxygens (including phenoxy) is 2. The van der Waals surface area contributed by atoms with Gasteiger partial charge in [-0.1, -0.05) is 24.3 Å². The van der Waals surface area contributed by atoms with Crippen molar-refractivity contribution in [1.82, 2.24) is 20.2 Å². The monoisotopic (exact) mass is 669 g/mol. The molecule has 3 aliphatic rings. The molecule has 1 atom stereocenters. The van der Waals surface area contributed by atoms with Gasteiger partial charge in [0, 0.05) is 43.3 Å². The van der Waals surface area contributed by atoms with E-state index in [2.05, 4.69) is 22.2 Å². The summed E-state index contributed by atoms with van der Waals surface area (Å²) in [5, 5.41) is 6.05. The molecule has 0 bridgehead atoms. The molecule has 14 heteroatoms. The van der Waals surface area contributed by atoms with Gasteiger partial charge >= 0.3 is 6.09 Å². The first-order chi connectivity index (χ1) is 22.2. The van der Waals surface area contributed by atoms with Gasteiger partial charge in [-0.2, -0.15) is 12.7 Å². The van der Waals surface area contributed by atoms with Crippen LogP contribution in [0, 0.1) is 0 Å². The molecular formula is C32H39N5O7S2. The van der Waals surface area contributed by atoms with Crippen molar-refractivity contribution >= 4 is 39.0 Å². The SMILES string of the molecule is CCOc1ccccc1C1(NC(=O)ON2CCN(C3CCN(C)CC3)CC2)C(=O)N(S(=O)(=O)c2cccs2)c2ccc(OC)cc21. The van der Waals surface area contributed by atoms with Gasteiger partial charge in [0.15, 0.2) is 5.54 Å². The molecule has 46 heavy (non-hydrogen) atoms. The van der Waals surface area contributed by atoms with E-state index in [1.54, 1.807) is 59.8 Å². The zero-order valence-electron chi connectivity index (χ0n) is 26.2. The van der Waals surface area contributed by atoms with Crippen molar-refractivity contribution in [3.05, 3.63) is 71.1 Å². The van der Waals surface area contributed by atoms with Crippen LogP contribution in [0.2, 0.25) is 0 Å². The van der Waals surface area contributed by atoms with E-state index >= 15 is 0 Å². The van der Waals surface area contributed by atoms with Gasteiger partial charge in [0.2, 0.25) is 0 Å². The summed E-state index contributed by atoms with van der Waals surface area (Å²) in [7, 11) is -0.742. The number of fused-ring (bicyclic) bond motifs is 1. The van der Waals surface area contributed by atoms with Crippen molar-refractivity contribution in [3.63, 3.8) is 0 Å². The maximum Gasteiger partial charge on any atom is 0.427 e. The normalized spacial score (nSPS) is 21.6. The van der Waals surface area contributed by atoms with E-state index in [1.165, 1.54) is 19.2 Å². The van der Waals surface area contributed by atoms with E-state index in [4.69, 9.17) is 14.3 Å². The standard InChI is InChI=1S/C32H39N5O7S2/c1-4-43-28-9-6-5-8-25(28)32(33-31(39)44-36-19-17-35(18-20-36)23-13-15-34(2)16-14-23)26-22-24(42-3)11-12-27(26)37(30(32)38)46(40,41)29-10-7-21-45-29/h5-12,21-23H,4,13-20H2,1-3H3,(H,33,39). The number of methoxy groups -OCH3 is 1. The average Bonchev–Trinajstić information content (AvgIpc) is 3.69. The third kappa shape index (κ3) is 5.84. The quantitative estimate of drug-likeness (QED) is 0.363. The fourth-order valence-electron chi connectivity index (χ4n) is 6.55.